The fourth-order valence-electron chi connectivity index (χ4n) is 17.8. The van der Waals surface area contributed by atoms with Crippen molar-refractivity contribution in [2.24, 2.45) is 52.3 Å². The van der Waals surface area contributed by atoms with E-state index in [9.17, 15) is 169 Å². The Morgan fingerprint density at radius 3 is 0.920 bits per heavy atom. The Morgan fingerprint density at radius 1 is 0.304 bits per heavy atom. The Hall–Kier alpha value is -2.05. The van der Waals surface area contributed by atoms with E-state index in [0.717, 1.165) is 57.8 Å². The van der Waals surface area contributed by atoms with Gasteiger partial charge in [-0.15, -0.1) is 0 Å². The van der Waals surface area contributed by atoms with Gasteiger partial charge in [0.15, 0.2) is 43.3 Å². The minimum Gasteiger partial charge on any atom is -0.341 e. The van der Waals surface area contributed by atoms with E-state index in [1.54, 1.807) is 0 Å². The van der Waals surface area contributed by atoms with E-state index in [4.69, 9.17) is 51.3 Å². The predicted molar refractivity (Wildman–Crippen MR) is 386 cm³/mol. The van der Waals surface area contributed by atoms with Crippen LogP contribution in [0.3, 0.4) is 0 Å². The molecule has 0 aromatic carbocycles. The van der Waals surface area contributed by atoms with E-state index >= 15 is 0 Å². The molecule has 13 N–H and O–H groups in total. The molecular formula is C51H88O61S13. The first-order valence-electron chi connectivity index (χ1n) is 35.7. The summed E-state index contributed by atoms with van der Waals surface area (Å²) in [4.78, 5) is 11.5. The topological polar surface area (TPSA) is 910 Å². The van der Waals surface area contributed by atoms with Crippen LogP contribution in [-0.4, -0.2) is 324 Å². The minimum atomic E-state index is -6.79. The van der Waals surface area contributed by atoms with Crippen LogP contribution in [0.4, 0.5) is 0 Å². The van der Waals surface area contributed by atoms with Crippen LogP contribution in [0.2, 0.25) is 0 Å². The Morgan fingerprint density at radius 2 is 0.592 bits per heavy atom. The fraction of sp³-hybridized carbons (Fsp3) is 1.00. The van der Waals surface area contributed by atoms with Crippen molar-refractivity contribution in [3.63, 3.8) is 0 Å². The van der Waals surface area contributed by atoms with Crippen molar-refractivity contribution in [2.45, 2.75) is 241 Å². The zero-order valence-corrected chi connectivity index (χ0v) is 74.8. The molecule has 8 aliphatic rings. The van der Waals surface area contributed by atoms with Crippen LogP contribution in [0, 0.1) is 52.3 Å². The van der Waals surface area contributed by atoms with Gasteiger partial charge in [0.05, 0.1) is 32.5 Å². The van der Waals surface area contributed by atoms with Crippen molar-refractivity contribution in [2.75, 3.05) is 26.4 Å². The van der Waals surface area contributed by atoms with Crippen molar-refractivity contribution in [1.29, 1.82) is 0 Å². The highest BCUT2D eigenvalue weighted by Gasteiger charge is 2.66. The van der Waals surface area contributed by atoms with Gasteiger partial charge in [-0.2, -0.15) is 109 Å². The van der Waals surface area contributed by atoms with Gasteiger partial charge < -0.3 is 33.2 Å². The molecule has 0 aromatic heterocycles. The van der Waals surface area contributed by atoms with Gasteiger partial charge in [-0.25, -0.2) is 64.2 Å². The quantitative estimate of drug-likeness (QED) is 0.0160. The summed E-state index contributed by atoms with van der Waals surface area (Å²) < 4.78 is 555. The summed E-state index contributed by atoms with van der Waals surface area (Å²) >= 11 is 0. The number of hydrogen-bond donors (Lipinski definition) is 13. The molecule has 125 heavy (non-hydrogen) atoms. The lowest BCUT2D eigenvalue weighted by Crippen LogP contribution is -2.69. The molecule has 0 amide bonds. The molecule has 61 nitrogen and oxygen atoms in total. The van der Waals surface area contributed by atoms with E-state index in [0.29, 0.717) is 30.1 Å². The van der Waals surface area contributed by atoms with E-state index < -0.39 is 296 Å². The van der Waals surface area contributed by atoms with Crippen molar-refractivity contribution in [3.05, 3.63) is 0 Å². The van der Waals surface area contributed by atoms with Crippen LogP contribution in [0.15, 0.2) is 0 Å². The molecule has 4 saturated carbocycles. The summed E-state index contributed by atoms with van der Waals surface area (Å²) in [5.41, 5.74) is -0.587. The smallest absolute Gasteiger partial charge is 0.341 e. The molecule has 29 atom stereocenters. The van der Waals surface area contributed by atoms with Gasteiger partial charge in [0, 0.05) is 0 Å². The molecule has 4 aliphatic heterocycles. The third-order valence-corrected chi connectivity index (χ3v) is 27.8. The third-order valence-electron chi connectivity index (χ3n) is 21.9. The zero-order valence-electron chi connectivity index (χ0n) is 64.2. The molecule has 0 bridgehead atoms. The molecule has 8 rings (SSSR count). The van der Waals surface area contributed by atoms with Gasteiger partial charge in [-0.3, -0.25) is 59.2 Å². The summed E-state index contributed by atoms with van der Waals surface area (Å²) in [5.74, 6) is 1.98. The molecule has 0 radical (unpaired) electrons. The second-order valence-electron chi connectivity index (χ2n) is 30.5. The number of hydrogen-bond acceptors (Lipinski definition) is 48. The third kappa shape index (κ3) is 32.6. The van der Waals surface area contributed by atoms with Crippen LogP contribution >= 0.6 is 0 Å². The number of rotatable bonds is 44. The average Bonchev–Trinajstić information content (AvgIpc) is 1.65. The highest BCUT2D eigenvalue weighted by atomic mass is 32.3. The summed E-state index contributed by atoms with van der Waals surface area (Å²) in [6.45, 7) is 2.02. The molecule has 74 heteroatoms. The lowest BCUT2D eigenvalue weighted by atomic mass is 9.44. The normalized spacial score (nSPS) is 36.9. The monoisotopic (exact) mass is 2090 g/mol. The van der Waals surface area contributed by atoms with E-state index in [1.165, 1.54) is 0 Å². The molecule has 4 heterocycles. The SMILES string of the molecule is CC(C)CCC[C@@H](C)[C@H]1CC[C@H]2[C@@H]3CC[C@H]4CC[C@@H](OO[C@H]5O[C@H](COS(=O)(=O)O)[C@@H](O[C@H]6O[C@@H](COS(=O)(=O)O)[C@@H](O[C@H]7O[C@@H](COS(=O)(=O)O)[C@@H](O[C@H]8O[C@@H](COS(=O)(=O)O)[C@@H](OS(=O)(=O)O)[C@H](OS(=O)(=O)O)[C@@H]8OS(=O)(=O)O)[C@H](OS(=O)(=O)O)[C@@H]7OS(=O)(=O)O)[C@H](OS(=O)(=O)O)[C@@H]6OS(=O)(=O)O)[C@H](OS(=O)(=O)O)[C@@H]5OS(=O)(=O)O)C[C@]4(C)[C@H]3CC[C@]12C. The second-order valence-corrected chi connectivity index (χ2v) is 44.3. The van der Waals surface area contributed by atoms with Crippen molar-refractivity contribution in [3.8, 4) is 0 Å². The molecule has 736 valence electrons. The molecular weight excluding hydrogens is 2010 g/mol. The lowest BCUT2D eigenvalue weighted by molar-refractivity contribution is -0.446. The molecule has 0 aromatic rings. The average molecular weight is 2090 g/mol. The molecule has 0 spiro atoms. The van der Waals surface area contributed by atoms with Crippen LogP contribution < -0.4 is 0 Å². The molecule has 8 fully saturated rings. The number of fused-ring (bicyclic) bond motifs is 5. The fourth-order valence-corrected chi connectivity index (χ4v) is 23.5. The maximum absolute atomic E-state index is 13.2. The summed E-state index contributed by atoms with van der Waals surface area (Å²) in [6.07, 6.45) is -63.3. The summed E-state index contributed by atoms with van der Waals surface area (Å²) in [5, 5.41) is 0. The van der Waals surface area contributed by atoms with E-state index in [-0.39, 0.29) is 36.0 Å². The Bertz CT molecular complexity index is 5330. The van der Waals surface area contributed by atoms with Gasteiger partial charge in [0.1, 0.15) is 73.2 Å². The maximum Gasteiger partial charge on any atom is 0.397 e. The first-order chi connectivity index (χ1) is 56.4. The van der Waals surface area contributed by atoms with Crippen molar-refractivity contribution < 1.29 is 266 Å². The summed E-state index contributed by atoms with van der Waals surface area (Å²) in [7, 11) is -83.8. The predicted octanol–water partition coefficient (Wildman–Crippen LogP) is -3.55. The van der Waals surface area contributed by atoms with E-state index in [1.807, 2.05) is 6.92 Å². The highest BCUT2D eigenvalue weighted by molar-refractivity contribution is 7.83. The minimum absolute atomic E-state index is 0.0141. The number of ether oxygens (including phenoxy) is 7. The van der Waals surface area contributed by atoms with Gasteiger partial charge in [-0.05, 0) is 110 Å². The highest BCUT2D eigenvalue weighted by Crippen LogP contribution is 2.69. The van der Waals surface area contributed by atoms with Crippen LogP contribution in [0.25, 0.3) is 0 Å². The van der Waals surface area contributed by atoms with Gasteiger partial charge >= 0.3 is 135 Å². The van der Waals surface area contributed by atoms with Crippen LogP contribution in [0.5, 0.6) is 0 Å². The Balaban J connectivity index is 1.25. The Labute approximate surface area is 715 Å². The standard InChI is InChI=1S/C51H88O61S13/c1-22(2)7-6-8-23(3)27-13-14-28-26-12-10-24-9-11-25(17-51(24,5)29(26)15-16-50(27,28)4)102-103-49-45(112-125(88,89)90)40(107-120(73,74)75)36(32(98-49)20-93-115(58,59)60)101-47-43(110-123(82,83)84)38(105-118(67,68)69)34(30(96-47)18-91-113(52,53)54)99-46-42(109-122(79,80)81)39(106-119(70,71)72)35(31(95-46)19-92-114(55,56)57)100-48-44(111-124(85,86)87)41(108-121(76,77)78)37(104-117(64,65)66)33(97-48)21-94-116(61,62)63/h22-49H,6-21H2,1-5H3,(H,52,53,54)(H,55,56,57)(H,58,59,60)(H,61,62,63)(H,64,65,66)(H,67,68,69)(H,70,71,72)(H,73,74,75)(H,76,77,78)(H,79,80,81)(H,82,83,84)(H,85,86,87)(H,88,89,90)/t23-,24-,25-,26+,27-,28+,29+,30+,31+,32-,33+,34-,35-,36-,37-,38+,39+,40+,41+,42+,43+,44+,45+,46-,47-,48-,49-,50-,51+/m1/s1. The summed E-state index contributed by atoms with van der Waals surface area (Å²) in [6, 6.07) is 0. The van der Waals surface area contributed by atoms with Gasteiger partial charge in [0.2, 0.25) is 6.29 Å². The first-order valence-corrected chi connectivity index (χ1v) is 53.5. The molecule has 4 saturated heterocycles. The van der Waals surface area contributed by atoms with Gasteiger partial charge in [-0.1, -0.05) is 53.9 Å². The van der Waals surface area contributed by atoms with Gasteiger partial charge in [0.25, 0.3) is 0 Å². The molecule has 4 aliphatic carbocycles. The molecule has 0 unspecified atom stereocenters. The zero-order chi connectivity index (χ0) is 94.5. The second kappa shape index (κ2) is 40.5. The lowest BCUT2D eigenvalue weighted by Gasteiger charge is -2.61. The largest absolute Gasteiger partial charge is 0.397 e. The van der Waals surface area contributed by atoms with Crippen LogP contribution in [0.1, 0.15) is 112 Å². The van der Waals surface area contributed by atoms with Crippen molar-refractivity contribution >= 4 is 135 Å². The van der Waals surface area contributed by atoms with E-state index in [2.05, 4.69) is 73.7 Å². The first kappa shape index (κ1) is 108. The Kier molecular flexibility index (Phi) is 35.1. The van der Waals surface area contributed by atoms with Crippen LogP contribution in [-0.2, 0) is 233 Å². The maximum atomic E-state index is 13.2. The van der Waals surface area contributed by atoms with Crippen molar-refractivity contribution in [1.82, 2.24) is 0 Å².